The van der Waals surface area contributed by atoms with Crippen molar-refractivity contribution in [3.63, 3.8) is 0 Å². The highest BCUT2D eigenvalue weighted by Crippen LogP contribution is 2.18. The van der Waals surface area contributed by atoms with E-state index >= 15 is 0 Å². The Kier molecular flexibility index (Phi) is 4.25. The number of hydrogen-bond donors (Lipinski definition) is 2. The van der Waals surface area contributed by atoms with Crippen molar-refractivity contribution < 1.29 is 4.39 Å². The third kappa shape index (κ3) is 3.38. The maximum atomic E-state index is 12.9. The van der Waals surface area contributed by atoms with Gasteiger partial charge in [0.05, 0.1) is 6.04 Å². The normalized spacial score (nSPS) is 12.3. The van der Waals surface area contributed by atoms with Gasteiger partial charge < -0.3 is 5.73 Å². The number of H-pyrrole nitrogens is 1. The number of nitrogens with zero attached hydrogens (tertiary/aromatic N) is 2. The van der Waals surface area contributed by atoms with Gasteiger partial charge in [-0.3, -0.25) is 5.10 Å². The fraction of sp³-hybridized carbons (Fsp3) is 0.176. The first kappa shape index (κ1) is 14.4. The first-order valence-corrected chi connectivity index (χ1v) is 7.20. The van der Waals surface area contributed by atoms with Crippen LogP contribution in [0.15, 0.2) is 54.6 Å². The second kappa shape index (κ2) is 6.49. The maximum Gasteiger partial charge on any atom is 0.181 e. The summed E-state index contributed by atoms with van der Waals surface area (Å²) in [6.45, 7) is 0. The predicted molar refractivity (Wildman–Crippen MR) is 83.5 cm³/mol. The van der Waals surface area contributed by atoms with E-state index in [1.165, 1.54) is 17.7 Å². The molecule has 0 aliphatic carbocycles. The first-order valence-electron chi connectivity index (χ1n) is 7.20. The van der Waals surface area contributed by atoms with E-state index in [-0.39, 0.29) is 11.9 Å². The lowest BCUT2D eigenvalue weighted by Crippen LogP contribution is -2.13. The lowest BCUT2D eigenvalue weighted by molar-refractivity contribution is 0.615. The summed E-state index contributed by atoms with van der Waals surface area (Å²) in [7, 11) is 0. The van der Waals surface area contributed by atoms with Crippen LogP contribution in [0.25, 0.3) is 11.4 Å². The molecule has 3 aromatic rings. The number of aryl methyl sites for hydroxylation is 1. The van der Waals surface area contributed by atoms with Crippen molar-refractivity contribution in [2.45, 2.75) is 18.9 Å². The molecule has 0 amide bonds. The largest absolute Gasteiger partial charge is 0.321 e. The summed E-state index contributed by atoms with van der Waals surface area (Å²) in [4.78, 5) is 4.41. The van der Waals surface area contributed by atoms with E-state index in [2.05, 4.69) is 27.3 Å². The molecule has 1 aromatic heterocycles. The quantitative estimate of drug-likeness (QED) is 0.759. The summed E-state index contributed by atoms with van der Waals surface area (Å²) in [6, 6.07) is 16.1. The van der Waals surface area contributed by atoms with Gasteiger partial charge in [0.2, 0.25) is 0 Å². The van der Waals surface area contributed by atoms with Gasteiger partial charge in [0.25, 0.3) is 0 Å². The highest BCUT2D eigenvalue weighted by Gasteiger charge is 2.13. The van der Waals surface area contributed by atoms with Crippen molar-refractivity contribution >= 4 is 0 Å². The summed E-state index contributed by atoms with van der Waals surface area (Å²) in [5.41, 5.74) is 8.17. The van der Waals surface area contributed by atoms with Gasteiger partial charge in [-0.05, 0) is 42.7 Å². The number of hydrogen-bond acceptors (Lipinski definition) is 3. The third-order valence-corrected chi connectivity index (χ3v) is 3.54. The average Bonchev–Trinajstić information content (AvgIpc) is 3.04. The van der Waals surface area contributed by atoms with Gasteiger partial charge >= 0.3 is 0 Å². The monoisotopic (exact) mass is 296 g/mol. The summed E-state index contributed by atoms with van der Waals surface area (Å²) in [6.07, 6.45) is 1.66. The van der Waals surface area contributed by atoms with Crippen LogP contribution in [0.3, 0.4) is 0 Å². The number of nitrogens with one attached hydrogen (secondary N) is 1. The molecule has 1 heterocycles. The van der Waals surface area contributed by atoms with Crippen LogP contribution in [0.5, 0.6) is 0 Å². The fourth-order valence-electron chi connectivity index (χ4n) is 2.27. The molecule has 1 atom stereocenters. The molecule has 0 radical (unpaired) electrons. The Bertz CT molecular complexity index is 722. The molecular formula is C17H17FN4. The molecule has 0 bridgehead atoms. The standard InChI is InChI=1S/C17H17FN4/c18-14-9-7-13(8-10-14)16-20-17(22-21-16)15(19)11-6-12-4-2-1-3-5-12/h1-5,7-10,15H,6,11,19H2,(H,20,21,22). The van der Waals surface area contributed by atoms with Crippen LogP contribution in [0.4, 0.5) is 4.39 Å². The van der Waals surface area contributed by atoms with Gasteiger partial charge in [0.15, 0.2) is 5.82 Å². The molecular weight excluding hydrogens is 279 g/mol. The third-order valence-electron chi connectivity index (χ3n) is 3.54. The van der Waals surface area contributed by atoms with E-state index in [1.54, 1.807) is 12.1 Å². The van der Waals surface area contributed by atoms with E-state index in [0.29, 0.717) is 11.6 Å². The van der Waals surface area contributed by atoms with E-state index in [4.69, 9.17) is 5.73 Å². The predicted octanol–water partition coefficient (Wildman–Crippen LogP) is 3.24. The molecule has 22 heavy (non-hydrogen) atoms. The average molecular weight is 296 g/mol. The Morgan fingerprint density at radius 2 is 1.77 bits per heavy atom. The van der Waals surface area contributed by atoms with Crippen LogP contribution in [-0.2, 0) is 6.42 Å². The van der Waals surface area contributed by atoms with Crippen molar-refractivity contribution in [3.8, 4) is 11.4 Å². The van der Waals surface area contributed by atoms with Crippen LogP contribution in [-0.4, -0.2) is 15.2 Å². The molecule has 0 saturated heterocycles. The topological polar surface area (TPSA) is 67.6 Å². The number of aromatic amines is 1. The molecule has 0 aliphatic rings. The molecule has 0 aliphatic heterocycles. The molecule has 0 saturated carbocycles. The van der Waals surface area contributed by atoms with Crippen LogP contribution < -0.4 is 5.73 Å². The molecule has 0 fully saturated rings. The summed E-state index contributed by atoms with van der Waals surface area (Å²) in [5, 5.41) is 7.03. The fourth-order valence-corrected chi connectivity index (χ4v) is 2.27. The second-order valence-corrected chi connectivity index (χ2v) is 5.18. The van der Waals surface area contributed by atoms with E-state index in [0.717, 1.165) is 18.4 Å². The Hall–Kier alpha value is -2.53. The van der Waals surface area contributed by atoms with Gasteiger partial charge in [-0.1, -0.05) is 30.3 Å². The van der Waals surface area contributed by atoms with E-state index in [1.807, 2.05) is 18.2 Å². The van der Waals surface area contributed by atoms with Gasteiger partial charge in [-0.25, -0.2) is 9.37 Å². The first-order chi connectivity index (χ1) is 10.7. The molecule has 112 valence electrons. The minimum absolute atomic E-state index is 0.207. The van der Waals surface area contributed by atoms with Gasteiger partial charge in [-0.15, -0.1) is 0 Å². The highest BCUT2D eigenvalue weighted by atomic mass is 19.1. The minimum Gasteiger partial charge on any atom is -0.321 e. The highest BCUT2D eigenvalue weighted by molar-refractivity contribution is 5.54. The molecule has 5 heteroatoms. The number of aromatic nitrogens is 3. The van der Waals surface area contributed by atoms with Gasteiger partial charge in [0.1, 0.15) is 11.6 Å². The Morgan fingerprint density at radius 1 is 1.05 bits per heavy atom. The molecule has 2 aromatic carbocycles. The number of benzene rings is 2. The van der Waals surface area contributed by atoms with Crippen molar-refractivity contribution in [3.05, 3.63) is 71.8 Å². The Labute approximate surface area is 128 Å². The van der Waals surface area contributed by atoms with Crippen molar-refractivity contribution in [2.24, 2.45) is 5.73 Å². The Morgan fingerprint density at radius 3 is 2.50 bits per heavy atom. The molecule has 3 rings (SSSR count). The van der Waals surface area contributed by atoms with Crippen LogP contribution in [0.1, 0.15) is 23.9 Å². The van der Waals surface area contributed by atoms with Gasteiger partial charge in [0, 0.05) is 5.56 Å². The van der Waals surface area contributed by atoms with Gasteiger partial charge in [-0.2, -0.15) is 5.10 Å². The molecule has 0 spiro atoms. The molecule has 1 unspecified atom stereocenters. The Balaban J connectivity index is 1.66. The van der Waals surface area contributed by atoms with E-state index in [9.17, 15) is 4.39 Å². The van der Waals surface area contributed by atoms with Crippen molar-refractivity contribution in [1.29, 1.82) is 0 Å². The lowest BCUT2D eigenvalue weighted by Gasteiger charge is -2.07. The number of nitrogens with two attached hydrogens (primary N) is 1. The summed E-state index contributed by atoms with van der Waals surface area (Å²) >= 11 is 0. The second-order valence-electron chi connectivity index (χ2n) is 5.18. The molecule has 3 N–H and O–H groups in total. The zero-order chi connectivity index (χ0) is 15.4. The van der Waals surface area contributed by atoms with Crippen LogP contribution in [0, 0.1) is 5.82 Å². The smallest absolute Gasteiger partial charge is 0.181 e. The van der Waals surface area contributed by atoms with Crippen molar-refractivity contribution in [2.75, 3.05) is 0 Å². The SMILES string of the molecule is NC(CCc1ccccc1)c1nc(-c2ccc(F)cc2)n[nH]1. The van der Waals surface area contributed by atoms with Crippen LogP contribution in [0.2, 0.25) is 0 Å². The maximum absolute atomic E-state index is 12.9. The number of rotatable bonds is 5. The lowest BCUT2D eigenvalue weighted by atomic mass is 10.1. The summed E-state index contributed by atoms with van der Waals surface area (Å²) in [5.74, 6) is 0.902. The van der Waals surface area contributed by atoms with Crippen LogP contribution >= 0.6 is 0 Å². The zero-order valence-corrected chi connectivity index (χ0v) is 12.0. The van der Waals surface area contributed by atoms with E-state index < -0.39 is 0 Å². The summed E-state index contributed by atoms with van der Waals surface area (Å²) < 4.78 is 12.9. The van der Waals surface area contributed by atoms with Crippen molar-refractivity contribution in [1.82, 2.24) is 15.2 Å². The molecule has 4 nitrogen and oxygen atoms in total. The zero-order valence-electron chi connectivity index (χ0n) is 12.0. The number of halogens is 1. The minimum atomic E-state index is -0.279.